The summed E-state index contributed by atoms with van der Waals surface area (Å²) in [6.07, 6.45) is 0.916. The van der Waals surface area contributed by atoms with Crippen LogP contribution in [-0.2, 0) is 11.2 Å². The van der Waals surface area contributed by atoms with Crippen molar-refractivity contribution in [1.29, 1.82) is 0 Å². The minimum Gasteiger partial charge on any atom is -0.493 e. The number of ether oxygens (including phenoxy) is 3. The summed E-state index contributed by atoms with van der Waals surface area (Å²) in [5.74, 6) is 1.61. The molecule has 18 heavy (non-hydrogen) atoms. The third-order valence-electron chi connectivity index (χ3n) is 3.52. The monoisotopic (exact) mass is 251 g/mol. The van der Waals surface area contributed by atoms with Gasteiger partial charge in [-0.3, -0.25) is 0 Å². The lowest BCUT2D eigenvalue weighted by molar-refractivity contribution is 0.123. The molecule has 1 heterocycles. The summed E-state index contributed by atoms with van der Waals surface area (Å²) in [7, 11) is 5.30. The van der Waals surface area contributed by atoms with Crippen molar-refractivity contribution in [3.8, 4) is 11.5 Å². The number of likely N-dealkylation sites (N-methyl/N-ethyl adjacent to an activating group) is 1. The third kappa shape index (κ3) is 2.18. The van der Waals surface area contributed by atoms with Crippen molar-refractivity contribution in [2.24, 2.45) is 0 Å². The van der Waals surface area contributed by atoms with Gasteiger partial charge in [-0.15, -0.1) is 0 Å². The van der Waals surface area contributed by atoms with Crippen molar-refractivity contribution in [2.45, 2.75) is 19.4 Å². The molecule has 0 radical (unpaired) electrons. The minimum absolute atomic E-state index is 0.145. The highest BCUT2D eigenvalue weighted by Crippen LogP contribution is 2.40. The Morgan fingerprint density at radius 3 is 2.72 bits per heavy atom. The van der Waals surface area contributed by atoms with Gasteiger partial charge in [0.1, 0.15) is 0 Å². The van der Waals surface area contributed by atoms with E-state index in [4.69, 9.17) is 14.2 Å². The highest BCUT2D eigenvalue weighted by Gasteiger charge is 2.26. The molecular weight excluding hydrogens is 230 g/mol. The summed E-state index contributed by atoms with van der Waals surface area (Å²) in [6.45, 7) is 3.52. The number of methoxy groups -OCH3 is 2. The zero-order valence-corrected chi connectivity index (χ0v) is 11.5. The Balaban J connectivity index is 2.64. The van der Waals surface area contributed by atoms with Crippen molar-refractivity contribution in [3.05, 3.63) is 22.8 Å². The first kappa shape index (κ1) is 13.2. The average molecular weight is 251 g/mol. The van der Waals surface area contributed by atoms with Crippen molar-refractivity contribution in [1.82, 2.24) is 5.32 Å². The molecule has 100 valence electrons. The molecule has 0 fully saturated rings. The molecule has 1 aliphatic rings. The van der Waals surface area contributed by atoms with Crippen molar-refractivity contribution >= 4 is 0 Å². The van der Waals surface area contributed by atoms with Crippen LogP contribution in [0.2, 0.25) is 0 Å². The van der Waals surface area contributed by atoms with Gasteiger partial charge >= 0.3 is 0 Å². The van der Waals surface area contributed by atoms with Crippen LogP contribution in [0.4, 0.5) is 0 Å². The lowest BCUT2D eigenvalue weighted by Crippen LogP contribution is -2.22. The van der Waals surface area contributed by atoms with E-state index in [1.54, 1.807) is 14.2 Å². The van der Waals surface area contributed by atoms with Crippen LogP contribution in [-0.4, -0.2) is 34.5 Å². The Labute approximate surface area is 108 Å². The predicted molar refractivity (Wildman–Crippen MR) is 70.6 cm³/mol. The van der Waals surface area contributed by atoms with Crippen molar-refractivity contribution < 1.29 is 14.2 Å². The topological polar surface area (TPSA) is 39.7 Å². The summed E-state index contributed by atoms with van der Waals surface area (Å²) in [5, 5.41) is 3.29. The Kier molecular flexibility index (Phi) is 4.09. The molecule has 0 saturated carbocycles. The SMILES string of the molecule is CNC1COCCc2c(C)cc(OC)c(OC)c21. The molecule has 1 atom stereocenters. The molecule has 0 bridgehead atoms. The van der Waals surface area contributed by atoms with E-state index in [1.807, 2.05) is 13.1 Å². The maximum atomic E-state index is 5.65. The molecule has 0 saturated heterocycles. The summed E-state index contributed by atoms with van der Waals surface area (Å²) in [4.78, 5) is 0. The van der Waals surface area contributed by atoms with E-state index in [1.165, 1.54) is 16.7 Å². The quantitative estimate of drug-likeness (QED) is 0.890. The second kappa shape index (κ2) is 5.59. The zero-order chi connectivity index (χ0) is 13.1. The molecule has 0 spiro atoms. The number of hydrogen-bond acceptors (Lipinski definition) is 4. The molecule has 1 aromatic rings. The van der Waals surface area contributed by atoms with E-state index in [0.717, 1.165) is 24.5 Å². The molecule has 4 nitrogen and oxygen atoms in total. The molecule has 1 unspecified atom stereocenters. The maximum Gasteiger partial charge on any atom is 0.165 e. The van der Waals surface area contributed by atoms with Crippen molar-refractivity contribution in [2.75, 3.05) is 34.5 Å². The van der Waals surface area contributed by atoms with Gasteiger partial charge < -0.3 is 19.5 Å². The van der Waals surface area contributed by atoms with Crippen LogP contribution in [0.15, 0.2) is 6.07 Å². The van der Waals surface area contributed by atoms with Crippen LogP contribution in [0.25, 0.3) is 0 Å². The van der Waals surface area contributed by atoms with E-state index < -0.39 is 0 Å². The van der Waals surface area contributed by atoms with Gasteiger partial charge in [0.15, 0.2) is 11.5 Å². The van der Waals surface area contributed by atoms with E-state index in [0.29, 0.717) is 6.61 Å². The van der Waals surface area contributed by atoms with Gasteiger partial charge in [-0.1, -0.05) is 0 Å². The largest absolute Gasteiger partial charge is 0.493 e. The van der Waals surface area contributed by atoms with E-state index in [-0.39, 0.29) is 6.04 Å². The molecule has 0 amide bonds. The fourth-order valence-corrected chi connectivity index (χ4v) is 2.58. The minimum atomic E-state index is 0.145. The molecule has 4 heteroatoms. The second-order valence-electron chi connectivity index (χ2n) is 4.49. The van der Waals surface area contributed by atoms with Gasteiger partial charge in [0.2, 0.25) is 0 Å². The van der Waals surface area contributed by atoms with Crippen LogP contribution < -0.4 is 14.8 Å². The number of hydrogen-bond donors (Lipinski definition) is 1. The Morgan fingerprint density at radius 1 is 1.33 bits per heavy atom. The summed E-state index contributed by atoms with van der Waals surface area (Å²) in [6, 6.07) is 2.18. The lowest BCUT2D eigenvalue weighted by atomic mass is 9.93. The van der Waals surface area contributed by atoms with Gasteiger partial charge in [-0.05, 0) is 37.6 Å². The molecule has 1 N–H and O–H groups in total. The van der Waals surface area contributed by atoms with Crippen LogP contribution in [0, 0.1) is 6.92 Å². The third-order valence-corrected chi connectivity index (χ3v) is 3.52. The second-order valence-corrected chi connectivity index (χ2v) is 4.49. The first-order chi connectivity index (χ1) is 8.72. The van der Waals surface area contributed by atoms with E-state index >= 15 is 0 Å². The van der Waals surface area contributed by atoms with Crippen LogP contribution >= 0.6 is 0 Å². The fraction of sp³-hybridized carbons (Fsp3) is 0.571. The van der Waals surface area contributed by atoms with Gasteiger partial charge in [-0.2, -0.15) is 0 Å². The average Bonchev–Trinajstić information content (AvgIpc) is 2.61. The molecular formula is C14H21NO3. The summed E-state index contributed by atoms with van der Waals surface area (Å²) < 4.78 is 16.6. The summed E-state index contributed by atoms with van der Waals surface area (Å²) in [5.41, 5.74) is 3.72. The van der Waals surface area contributed by atoms with Gasteiger partial charge in [-0.25, -0.2) is 0 Å². The normalized spacial score (nSPS) is 19.0. The Morgan fingerprint density at radius 2 is 2.11 bits per heavy atom. The van der Waals surface area contributed by atoms with Gasteiger partial charge in [0.25, 0.3) is 0 Å². The number of benzene rings is 1. The Bertz CT molecular complexity index is 432. The van der Waals surface area contributed by atoms with Crippen LogP contribution in [0.1, 0.15) is 22.7 Å². The van der Waals surface area contributed by atoms with Gasteiger partial charge in [0, 0.05) is 5.56 Å². The van der Waals surface area contributed by atoms with E-state index in [9.17, 15) is 0 Å². The smallest absolute Gasteiger partial charge is 0.165 e. The first-order valence-electron chi connectivity index (χ1n) is 6.22. The molecule has 2 rings (SSSR count). The number of nitrogens with one attached hydrogen (secondary N) is 1. The highest BCUT2D eigenvalue weighted by atomic mass is 16.5. The van der Waals surface area contributed by atoms with Crippen LogP contribution in [0.5, 0.6) is 11.5 Å². The lowest BCUT2D eigenvalue weighted by Gasteiger charge is -2.22. The highest BCUT2D eigenvalue weighted by molar-refractivity contribution is 5.56. The number of aryl methyl sites for hydroxylation is 1. The van der Waals surface area contributed by atoms with Crippen molar-refractivity contribution in [3.63, 3.8) is 0 Å². The van der Waals surface area contributed by atoms with Gasteiger partial charge in [0.05, 0.1) is 33.5 Å². The molecule has 1 aliphatic heterocycles. The number of fused-ring (bicyclic) bond motifs is 1. The summed E-state index contributed by atoms with van der Waals surface area (Å²) >= 11 is 0. The maximum absolute atomic E-state index is 5.65. The zero-order valence-electron chi connectivity index (χ0n) is 11.5. The molecule has 0 aromatic heterocycles. The van der Waals surface area contributed by atoms with E-state index in [2.05, 4.69) is 12.2 Å². The standard InChI is InChI=1S/C14H21NO3/c1-9-7-12(16-3)14(17-4)13-10(9)5-6-18-8-11(13)15-2/h7,11,15H,5-6,8H2,1-4H3. The number of rotatable bonds is 3. The first-order valence-corrected chi connectivity index (χ1v) is 6.22. The fourth-order valence-electron chi connectivity index (χ4n) is 2.58. The van der Waals surface area contributed by atoms with Crippen LogP contribution in [0.3, 0.4) is 0 Å². The predicted octanol–water partition coefficient (Wildman–Crippen LogP) is 1.85. The Hall–Kier alpha value is -1.26. The molecule has 0 aliphatic carbocycles. The molecule has 1 aromatic carbocycles.